The minimum absolute atomic E-state index is 0.0255. The number of carbonyl (C=O) groups excluding carboxylic acids is 1. The summed E-state index contributed by atoms with van der Waals surface area (Å²) in [6.07, 6.45) is 1.47. The summed E-state index contributed by atoms with van der Waals surface area (Å²) >= 11 is 1.13. The van der Waals surface area contributed by atoms with Gasteiger partial charge in [0.25, 0.3) is 0 Å². The van der Waals surface area contributed by atoms with Gasteiger partial charge in [-0.15, -0.1) is 11.3 Å². The summed E-state index contributed by atoms with van der Waals surface area (Å²) in [5.74, 6) is -2.01. The van der Waals surface area contributed by atoms with E-state index in [4.69, 9.17) is 0 Å². The van der Waals surface area contributed by atoms with Gasteiger partial charge in [0.1, 0.15) is 11.6 Å². The third kappa shape index (κ3) is 2.07. The summed E-state index contributed by atoms with van der Waals surface area (Å²) in [6, 6.07) is 2.71. The summed E-state index contributed by atoms with van der Waals surface area (Å²) in [5, 5.41) is 1.85. The first-order valence-corrected chi connectivity index (χ1v) is 4.95. The van der Waals surface area contributed by atoms with Crippen LogP contribution in [0, 0.1) is 11.6 Å². The predicted molar refractivity (Wildman–Crippen MR) is 51.9 cm³/mol. The summed E-state index contributed by atoms with van der Waals surface area (Å²) in [5.41, 5.74) is -0.0255. The summed E-state index contributed by atoms with van der Waals surface area (Å²) in [6.45, 7) is 0. The molecule has 0 aliphatic heterocycles. The smallest absolute Gasteiger partial charge is 0.221 e. The van der Waals surface area contributed by atoms with E-state index in [0.717, 1.165) is 29.5 Å². The van der Waals surface area contributed by atoms with E-state index in [9.17, 15) is 13.6 Å². The number of aromatic nitrogens is 1. The molecule has 0 N–H and O–H groups in total. The summed E-state index contributed by atoms with van der Waals surface area (Å²) in [7, 11) is 0. The lowest BCUT2D eigenvalue weighted by molar-refractivity contribution is 0.103. The van der Waals surface area contributed by atoms with Gasteiger partial charge in [-0.1, -0.05) is 0 Å². The molecule has 0 saturated heterocycles. The molecule has 1 heterocycles. The molecule has 5 heteroatoms. The van der Waals surface area contributed by atoms with E-state index < -0.39 is 17.4 Å². The molecule has 0 radical (unpaired) electrons. The third-order valence-corrected chi connectivity index (χ3v) is 2.52. The molecule has 2 rings (SSSR count). The molecule has 76 valence electrons. The molecule has 0 fully saturated rings. The zero-order valence-corrected chi connectivity index (χ0v) is 8.22. The predicted octanol–water partition coefficient (Wildman–Crippen LogP) is 2.65. The van der Waals surface area contributed by atoms with Gasteiger partial charge in [0.2, 0.25) is 5.78 Å². The lowest BCUT2D eigenvalue weighted by atomic mass is 10.1. The van der Waals surface area contributed by atoms with Crippen molar-refractivity contribution in [3.8, 4) is 0 Å². The molecule has 2 aromatic rings. The molecule has 0 atom stereocenters. The molecule has 0 amide bonds. The monoisotopic (exact) mass is 225 g/mol. The largest absolute Gasteiger partial charge is 0.286 e. The maximum Gasteiger partial charge on any atom is 0.221 e. The average molecular weight is 225 g/mol. The Kier molecular flexibility index (Phi) is 2.55. The van der Waals surface area contributed by atoms with Crippen LogP contribution in [-0.4, -0.2) is 10.8 Å². The second kappa shape index (κ2) is 3.86. The van der Waals surface area contributed by atoms with Gasteiger partial charge in [0, 0.05) is 23.2 Å². The molecular weight excluding hydrogens is 220 g/mol. The van der Waals surface area contributed by atoms with Crippen molar-refractivity contribution >= 4 is 17.1 Å². The first-order chi connectivity index (χ1) is 7.16. The number of hydrogen-bond acceptors (Lipinski definition) is 3. The number of halogens is 2. The Morgan fingerprint density at radius 2 is 1.87 bits per heavy atom. The van der Waals surface area contributed by atoms with Crippen LogP contribution in [0.4, 0.5) is 8.78 Å². The van der Waals surface area contributed by atoms with Gasteiger partial charge in [0.05, 0.1) is 0 Å². The van der Waals surface area contributed by atoms with Crippen molar-refractivity contribution in [1.82, 2.24) is 4.98 Å². The minimum Gasteiger partial charge on any atom is -0.286 e. The van der Waals surface area contributed by atoms with E-state index in [0.29, 0.717) is 0 Å². The number of ketones is 1. The molecule has 0 aliphatic rings. The highest BCUT2D eigenvalue weighted by atomic mass is 32.1. The quantitative estimate of drug-likeness (QED) is 0.735. The van der Waals surface area contributed by atoms with Crippen LogP contribution in [0.15, 0.2) is 29.8 Å². The van der Waals surface area contributed by atoms with Gasteiger partial charge < -0.3 is 0 Å². The van der Waals surface area contributed by atoms with Crippen molar-refractivity contribution in [3.05, 3.63) is 52.0 Å². The van der Waals surface area contributed by atoms with E-state index >= 15 is 0 Å². The highest BCUT2D eigenvalue weighted by Gasteiger charge is 2.13. The van der Waals surface area contributed by atoms with Crippen molar-refractivity contribution < 1.29 is 13.6 Å². The molecule has 1 aromatic heterocycles. The lowest BCUT2D eigenvalue weighted by Crippen LogP contribution is -2.01. The first-order valence-electron chi connectivity index (χ1n) is 4.07. The minimum atomic E-state index is -0.769. The fraction of sp³-hybridized carbons (Fsp3) is 0. The van der Waals surface area contributed by atoms with E-state index in [1.807, 2.05) is 0 Å². The Bertz CT molecular complexity index is 476. The van der Waals surface area contributed by atoms with Crippen LogP contribution in [-0.2, 0) is 0 Å². The highest BCUT2D eigenvalue weighted by molar-refractivity contribution is 7.11. The molecule has 0 spiro atoms. The maximum atomic E-state index is 12.8. The second-order valence-corrected chi connectivity index (χ2v) is 3.72. The Morgan fingerprint density at radius 3 is 2.40 bits per heavy atom. The van der Waals surface area contributed by atoms with Gasteiger partial charge in [-0.3, -0.25) is 4.79 Å². The van der Waals surface area contributed by atoms with Crippen LogP contribution in [0.2, 0.25) is 0 Å². The molecule has 0 bridgehead atoms. The molecule has 1 aromatic carbocycles. The Balaban J connectivity index is 2.42. The Labute approximate surface area is 88.2 Å². The van der Waals surface area contributed by atoms with Crippen molar-refractivity contribution in [2.75, 3.05) is 0 Å². The van der Waals surface area contributed by atoms with Gasteiger partial charge in [0.15, 0.2) is 5.01 Å². The summed E-state index contributed by atoms with van der Waals surface area (Å²) < 4.78 is 25.6. The first kappa shape index (κ1) is 9.92. The molecule has 0 unspecified atom stereocenters. The number of rotatable bonds is 2. The molecule has 2 nitrogen and oxygen atoms in total. The van der Waals surface area contributed by atoms with E-state index in [1.54, 1.807) is 5.38 Å². The topological polar surface area (TPSA) is 30.0 Å². The van der Waals surface area contributed by atoms with Crippen LogP contribution in [0.3, 0.4) is 0 Å². The van der Waals surface area contributed by atoms with Crippen molar-refractivity contribution in [1.29, 1.82) is 0 Å². The Morgan fingerprint density at radius 1 is 1.20 bits per heavy atom. The number of carbonyl (C=O) groups is 1. The van der Waals surface area contributed by atoms with Gasteiger partial charge >= 0.3 is 0 Å². The zero-order chi connectivity index (χ0) is 10.8. The zero-order valence-electron chi connectivity index (χ0n) is 7.41. The second-order valence-electron chi connectivity index (χ2n) is 2.82. The van der Waals surface area contributed by atoms with Gasteiger partial charge in [-0.05, 0) is 12.1 Å². The number of benzene rings is 1. The van der Waals surface area contributed by atoms with Crippen LogP contribution in [0.1, 0.15) is 15.4 Å². The Hall–Kier alpha value is -1.62. The molecule has 15 heavy (non-hydrogen) atoms. The van der Waals surface area contributed by atoms with Crippen molar-refractivity contribution in [3.63, 3.8) is 0 Å². The average Bonchev–Trinajstić information content (AvgIpc) is 2.67. The van der Waals surface area contributed by atoms with Gasteiger partial charge in [-0.2, -0.15) is 0 Å². The standard InChI is InChI=1S/C10H5F2NOS/c11-7-3-6(4-8(12)5-7)9(14)10-13-1-2-15-10/h1-5H. The third-order valence-electron chi connectivity index (χ3n) is 1.75. The maximum absolute atomic E-state index is 12.8. The number of hydrogen-bond donors (Lipinski definition) is 0. The van der Waals surface area contributed by atoms with E-state index in [-0.39, 0.29) is 10.6 Å². The number of thiazole rings is 1. The normalized spacial score (nSPS) is 10.3. The van der Waals surface area contributed by atoms with Crippen molar-refractivity contribution in [2.45, 2.75) is 0 Å². The highest BCUT2D eigenvalue weighted by Crippen LogP contribution is 2.14. The van der Waals surface area contributed by atoms with Crippen LogP contribution in [0.25, 0.3) is 0 Å². The summed E-state index contributed by atoms with van der Waals surface area (Å²) in [4.78, 5) is 15.4. The van der Waals surface area contributed by atoms with Crippen LogP contribution >= 0.6 is 11.3 Å². The van der Waals surface area contributed by atoms with E-state index in [1.165, 1.54) is 6.20 Å². The SMILES string of the molecule is O=C(c1cc(F)cc(F)c1)c1nccs1. The lowest BCUT2D eigenvalue weighted by Gasteiger charge is -1.98. The van der Waals surface area contributed by atoms with Crippen molar-refractivity contribution in [2.24, 2.45) is 0 Å². The van der Waals surface area contributed by atoms with Crippen LogP contribution in [0.5, 0.6) is 0 Å². The van der Waals surface area contributed by atoms with Gasteiger partial charge in [-0.25, -0.2) is 13.8 Å². The van der Waals surface area contributed by atoms with Crippen LogP contribution < -0.4 is 0 Å². The molecular formula is C10H5F2NOS. The fourth-order valence-electron chi connectivity index (χ4n) is 1.14. The van der Waals surface area contributed by atoms with E-state index in [2.05, 4.69) is 4.98 Å². The number of nitrogens with zero attached hydrogens (tertiary/aromatic N) is 1. The fourth-order valence-corrected chi connectivity index (χ4v) is 1.74. The molecule has 0 saturated carbocycles. The molecule has 0 aliphatic carbocycles.